The Kier molecular flexibility index (Phi) is 4.88. The Morgan fingerprint density at radius 3 is 2.57 bits per heavy atom. The van der Waals surface area contributed by atoms with Gasteiger partial charge in [0.2, 0.25) is 10.0 Å². The summed E-state index contributed by atoms with van der Waals surface area (Å²) in [6.45, 7) is 0.978. The highest BCUT2D eigenvalue weighted by molar-refractivity contribution is 7.89. The van der Waals surface area contributed by atoms with E-state index < -0.39 is 15.6 Å². The normalized spacial score (nSPS) is 18.7. The van der Waals surface area contributed by atoms with Crippen LogP contribution in [0.3, 0.4) is 0 Å². The van der Waals surface area contributed by atoms with Gasteiger partial charge in [0, 0.05) is 46.7 Å². The van der Waals surface area contributed by atoms with Gasteiger partial charge < -0.3 is 15.2 Å². The van der Waals surface area contributed by atoms with Gasteiger partial charge in [0.25, 0.3) is 0 Å². The minimum atomic E-state index is -3.65. The molecule has 1 fully saturated rings. The van der Waals surface area contributed by atoms with E-state index in [0.29, 0.717) is 31.7 Å². The van der Waals surface area contributed by atoms with Crippen LogP contribution in [-0.2, 0) is 14.8 Å². The molecule has 1 aromatic carbocycles. The molecule has 1 saturated heterocycles. The van der Waals surface area contributed by atoms with Crippen LogP contribution in [0.4, 0.5) is 5.69 Å². The Morgan fingerprint density at radius 2 is 1.95 bits per heavy atom. The van der Waals surface area contributed by atoms with Crippen LogP contribution in [0, 0.1) is 0 Å². The fourth-order valence-electron chi connectivity index (χ4n) is 2.47. The monoisotopic (exact) mass is 314 g/mol. The van der Waals surface area contributed by atoms with E-state index >= 15 is 0 Å². The largest absolute Gasteiger partial charge is 0.388 e. The number of rotatable bonds is 5. The number of likely N-dealkylation sites (N-methyl/N-ethyl adjacent to an activating group) is 1. The van der Waals surface area contributed by atoms with E-state index in [0.717, 1.165) is 0 Å². The van der Waals surface area contributed by atoms with Gasteiger partial charge in [-0.1, -0.05) is 12.1 Å². The van der Waals surface area contributed by atoms with Gasteiger partial charge in [0.05, 0.1) is 11.3 Å². The molecule has 1 aliphatic heterocycles. The summed E-state index contributed by atoms with van der Waals surface area (Å²) < 4.78 is 31.8. The number of hydrogen-bond donors (Lipinski definition) is 2. The number of para-hydroxylation sites is 1. The van der Waals surface area contributed by atoms with Crippen molar-refractivity contribution < 1.29 is 18.3 Å². The predicted molar refractivity (Wildman–Crippen MR) is 80.8 cm³/mol. The fourth-order valence-corrected chi connectivity index (χ4v) is 3.92. The standard InChI is InChI=1S/C14H22N2O4S/c1-15-12-5-3-4-6-13(12)21(18,19)16(2)11-14(17)7-9-20-10-8-14/h3-6,15,17H,7-11H2,1-2H3. The first-order valence-corrected chi connectivity index (χ1v) is 8.36. The zero-order chi connectivity index (χ0) is 15.5. The van der Waals surface area contributed by atoms with Crippen LogP contribution in [0.5, 0.6) is 0 Å². The summed E-state index contributed by atoms with van der Waals surface area (Å²) in [6.07, 6.45) is 0.890. The smallest absolute Gasteiger partial charge is 0.244 e. The molecule has 0 radical (unpaired) electrons. The van der Waals surface area contributed by atoms with Gasteiger partial charge in [-0.15, -0.1) is 0 Å². The highest BCUT2D eigenvalue weighted by atomic mass is 32.2. The maximum atomic E-state index is 12.7. The van der Waals surface area contributed by atoms with Crippen molar-refractivity contribution in [3.8, 4) is 0 Å². The topological polar surface area (TPSA) is 78.9 Å². The number of ether oxygens (including phenoxy) is 1. The third-order valence-corrected chi connectivity index (χ3v) is 5.65. The molecule has 0 atom stereocenters. The first-order valence-electron chi connectivity index (χ1n) is 6.92. The number of aliphatic hydroxyl groups is 1. The molecular formula is C14H22N2O4S. The summed E-state index contributed by atoms with van der Waals surface area (Å²) in [7, 11) is -0.473. The van der Waals surface area contributed by atoms with E-state index in [1.54, 1.807) is 31.3 Å². The molecule has 1 heterocycles. The van der Waals surface area contributed by atoms with Crippen LogP contribution < -0.4 is 5.32 Å². The van der Waals surface area contributed by atoms with Crippen LogP contribution in [-0.4, -0.2) is 57.3 Å². The van der Waals surface area contributed by atoms with Crippen molar-refractivity contribution in [2.24, 2.45) is 0 Å². The summed E-state index contributed by atoms with van der Waals surface area (Å²) in [5, 5.41) is 13.4. The molecule has 0 saturated carbocycles. The molecule has 21 heavy (non-hydrogen) atoms. The zero-order valence-electron chi connectivity index (χ0n) is 12.4. The van der Waals surface area contributed by atoms with Crippen molar-refractivity contribution >= 4 is 15.7 Å². The number of nitrogens with zero attached hydrogens (tertiary/aromatic N) is 1. The fraction of sp³-hybridized carbons (Fsp3) is 0.571. The lowest BCUT2D eigenvalue weighted by molar-refractivity contribution is -0.0689. The lowest BCUT2D eigenvalue weighted by Crippen LogP contribution is -2.47. The van der Waals surface area contributed by atoms with Crippen molar-refractivity contribution in [3.05, 3.63) is 24.3 Å². The van der Waals surface area contributed by atoms with Crippen molar-refractivity contribution in [2.45, 2.75) is 23.3 Å². The second kappa shape index (κ2) is 6.31. The van der Waals surface area contributed by atoms with E-state index in [2.05, 4.69) is 5.32 Å². The summed E-state index contributed by atoms with van der Waals surface area (Å²) >= 11 is 0. The Morgan fingerprint density at radius 1 is 1.33 bits per heavy atom. The molecule has 0 bridgehead atoms. The number of anilines is 1. The number of nitrogens with one attached hydrogen (secondary N) is 1. The molecule has 118 valence electrons. The molecule has 1 aliphatic rings. The SMILES string of the molecule is CNc1ccccc1S(=O)(=O)N(C)CC1(O)CCOCC1. The average molecular weight is 314 g/mol. The predicted octanol–water partition coefficient (Wildman–Crippen LogP) is 0.890. The van der Waals surface area contributed by atoms with E-state index in [9.17, 15) is 13.5 Å². The lowest BCUT2D eigenvalue weighted by atomic mass is 9.95. The molecule has 0 amide bonds. The highest BCUT2D eigenvalue weighted by Gasteiger charge is 2.35. The quantitative estimate of drug-likeness (QED) is 0.844. The van der Waals surface area contributed by atoms with Gasteiger partial charge in [-0.05, 0) is 12.1 Å². The summed E-state index contributed by atoms with van der Waals surface area (Å²) in [6, 6.07) is 6.73. The minimum absolute atomic E-state index is 0.0662. The summed E-state index contributed by atoms with van der Waals surface area (Å²) in [4.78, 5) is 0.214. The molecule has 0 spiro atoms. The van der Waals surface area contributed by atoms with Crippen molar-refractivity contribution in [1.82, 2.24) is 4.31 Å². The van der Waals surface area contributed by atoms with Crippen LogP contribution in [0.2, 0.25) is 0 Å². The molecule has 1 aromatic rings. The molecular weight excluding hydrogens is 292 g/mol. The summed E-state index contributed by atoms with van der Waals surface area (Å²) in [5.74, 6) is 0. The molecule has 0 aliphatic carbocycles. The minimum Gasteiger partial charge on any atom is -0.388 e. The van der Waals surface area contributed by atoms with E-state index in [-0.39, 0.29) is 11.4 Å². The summed E-state index contributed by atoms with van der Waals surface area (Å²) in [5.41, 5.74) is -0.474. The second-order valence-corrected chi connectivity index (χ2v) is 7.36. The van der Waals surface area contributed by atoms with Crippen LogP contribution in [0.1, 0.15) is 12.8 Å². The molecule has 0 unspecified atom stereocenters. The zero-order valence-corrected chi connectivity index (χ0v) is 13.2. The van der Waals surface area contributed by atoms with Gasteiger partial charge in [0.15, 0.2) is 0 Å². The van der Waals surface area contributed by atoms with Gasteiger partial charge in [-0.25, -0.2) is 8.42 Å². The van der Waals surface area contributed by atoms with Crippen LogP contribution in [0.25, 0.3) is 0 Å². The first kappa shape index (κ1) is 16.2. The molecule has 6 nitrogen and oxygen atoms in total. The second-order valence-electron chi connectivity index (χ2n) is 5.34. The Labute approximate surface area is 125 Å². The molecule has 7 heteroatoms. The Hall–Kier alpha value is -1.15. The van der Waals surface area contributed by atoms with E-state index in [4.69, 9.17) is 4.74 Å². The maximum Gasteiger partial charge on any atom is 0.244 e. The average Bonchev–Trinajstić information content (AvgIpc) is 2.47. The Balaban J connectivity index is 2.22. The number of sulfonamides is 1. The van der Waals surface area contributed by atoms with E-state index in [1.165, 1.54) is 11.4 Å². The molecule has 0 aromatic heterocycles. The van der Waals surface area contributed by atoms with Gasteiger partial charge in [0.1, 0.15) is 4.90 Å². The first-order chi connectivity index (χ1) is 9.89. The number of hydrogen-bond acceptors (Lipinski definition) is 5. The van der Waals surface area contributed by atoms with Crippen LogP contribution >= 0.6 is 0 Å². The molecule has 2 rings (SSSR count). The van der Waals surface area contributed by atoms with E-state index in [1.807, 2.05) is 0 Å². The van der Waals surface area contributed by atoms with Crippen LogP contribution in [0.15, 0.2) is 29.2 Å². The van der Waals surface area contributed by atoms with Crippen molar-refractivity contribution in [3.63, 3.8) is 0 Å². The van der Waals surface area contributed by atoms with Crippen molar-refractivity contribution in [1.29, 1.82) is 0 Å². The maximum absolute atomic E-state index is 12.7. The third-order valence-electron chi connectivity index (χ3n) is 3.79. The van der Waals surface area contributed by atoms with Crippen molar-refractivity contribution in [2.75, 3.05) is 39.2 Å². The lowest BCUT2D eigenvalue weighted by Gasteiger charge is -2.35. The number of benzene rings is 1. The highest BCUT2D eigenvalue weighted by Crippen LogP contribution is 2.27. The Bertz CT molecular complexity index is 582. The van der Waals surface area contributed by atoms with Gasteiger partial charge >= 0.3 is 0 Å². The van der Waals surface area contributed by atoms with Gasteiger partial charge in [-0.2, -0.15) is 4.31 Å². The third kappa shape index (κ3) is 3.55. The molecule has 2 N–H and O–H groups in total. The van der Waals surface area contributed by atoms with Gasteiger partial charge in [-0.3, -0.25) is 0 Å².